The van der Waals surface area contributed by atoms with Crippen LogP contribution in [0.4, 0.5) is 0 Å². The minimum atomic E-state index is -3.46. The Hall–Kier alpha value is -0.910. The van der Waals surface area contributed by atoms with E-state index < -0.39 is 10.0 Å². The number of hydrogen-bond donors (Lipinski definition) is 2. The summed E-state index contributed by atoms with van der Waals surface area (Å²) >= 11 is 0. The van der Waals surface area contributed by atoms with E-state index in [2.05, 4.69) is 4.72 Å². The molecule has 1 saturated carbocycles. The van der Waals surface area contributed by atoms with Gasteiger partial charge in [0, 0.05) is 12.6 Å². The number of hydrogen-bond acceptors (Lipinski definition) is 3. The third-order valence-electron chi connectivity index (χ3n) is 4.55. The molecule has 0 heterocycles. The van der Waals surface area contributed by atoms with Crippen LogP contribution in [0.2, 0.25) is 0 Å². The van der Waals surface area contributed by atoms with Crippen LogP contribution in [0.1, 0.15) is 50.2 Å². The molecule has 1 unspecified atom stereocenters. The molecule has 0 aliphatic heterocycles. The van der Waals surface area contributed by atoms with Gasteiger partial charge in [-0.05, 0) is 55.9 Å². The Kier molecular flexibility index (Phi) is 5.41. The van der Waals surface area contributed by atoms with E-state index in [1.165, 1.54) is 19.3 Å². The second-order valence-electron chi connectivity index (χ2n) is 6.10. The number of aryl methyl sites for hydroxylation is 1. The van der Waals surface area contributed by atoms with E-state index in [1.807, 2.05) is 19.9 Å². The van der Waals surface area contributed by atoms with Gasteiger partial charge < -0.3 is 5.73 Å². The van der Waals surface area contributed by atoms with E-state index >= 15 is 0 Å². The highest BCUT2D eigenvalue weighted by molar-refractivity contribution is 7.89. The highest BCUT2D eigenvalue weighted by atomic mass is 32.2. The average molecular weight is 310 g/mol. The van der Waals surface area contributed by atoms with Crippen LogP contribution >= 0.6 is 0 Å². The van der Waals surface area contributed by atoms with Gasteiger partial charge in [0.1, 0.15) is 0 Å². The molecule has 1 aromatic carbocycles. The Morgan fingerprint density at radius 1 is 1.29 bits per heavy atom. The van der Waals surface area contributed by atoms with Gasteiger partial charge in [-0.15, -0.1) is 0 Å². The lowest BCUT2D eigenvalue weighted by atomic mass is 9.85. The van der Waals surface area contributed by atoms with Crippen LogP contribution in [0, 0.1) is 12.8 Å². The Morgan fingerprint density at radius 3 is 2.57 bits per heavy atom. The first kappa shape index (κ1) is 16.5. The first-order chi connectivity index (χ1) is 9.94. The van der Waals surface area contributed by atoms with Crippen molar-refractivity contribution < 1.29 is 8.42 Å². The SMILES string of the molecule is Cc1ccc(S(=O)(=O)NC(C)C2CCCCC2)cc1CN. The lowest BCUT2D eigenvalue weighted by Gasteiger charge is -2.28. The number of nitrogens with one attached hydrogen (secondary N) is 1. The molecule has 1 aliphatic rings. The monoisotopic (exact) mass is 310 g/mol. The molecule has 3 N–H and O–H groups in total. The number of benzene rings is 1. The molecular weight excluding hydrogens is 284 g/mol. The van der Waals surface area contributed by atoms with E-state index in [0.29, 0.717) is 17.4 Å². The van der Waals surface area contributed by atoms with Gasteiger partial charge in [-0.3, -0.25) is 0 Å². The topological polar surface area (TPSA) is 72.2 Å². The van der Waals surface area contributed by atoms with Crippen LogP contribution in [0.3, 0.4) is 0 Å². The lowest BCUT2D eigenvalue weighted by Crippen LogP contribution is -2.38. The maximum absolute atomic E-state index is 12.5. The quantitative estimate of drug-likeness (QED) is 0.878. The zero-order valence-corrected chi connectivity index (χ0v) is 13.7. The van der Waals surface area contributed by atoms with Gasteiger partial charge in [0.25, 0.3) is 0 Å². The zero-order chi connectivity index (χ0) is 15.5. The molecule has 5 heteroatoms. The molecule has 0 bridgehead atoms. The van der Waals surface area contributed by atoms with Gasteiger partial charge in [0.15, 0.2) is 0 Å². The molecule has 2 rings (SSSR count). The van der Waals surface area contributed by atoms with Crippen molar-refractivity contribution in [2.24, 2.45) is 11.7 Å². The van der Waals surface area contributed by atoms with Crippen molar-refractivity contribution in [3.8, 4) is 0 Å². The summed E-state index contributed by atoms with van der Waals surface area (Å²) in [4.78, 5) is 0.316. The van der Waals surface area contributed by atoms with Gasteiger partial charge in [-0.2, -0.15) is 0 Å². The van der Waals surface area contributed by atoms with Gasteiger partial charge in [0.2, 0.25) is 10.0 Å². The van der Waals surface area contributed by atoms with E-state index in [0.717, 1.165) is 24.0 Å². The Morgan fingerprint density at radius 2 is 1.95 bits per heavy atom. The largest absolute Gasteiger partial charge is 0.326 e. The van der Waals surface area contributed by atoms with Crippen molar-refractivity contribution in [2.75, 3.05) is 0 Å². The maximum atomic E-state index is 12.5. The highest BCUT2D eigenvalue weighted by Gasteiger charge is 2.25. The van der Waals surface area contributed by atoms with E-state index in [9.17, 15) is 8.42 Å². The molecule has 0 spiro atoms. The molecule has 1 aromatic rings. The van der Waals surface area contributed by atoms with Gasteiger partial charge in [-0.1, -0.05) is 25.3 Å². The second kappa shape index (κ2) is 6.90. The Labute approximate surface area is 128 Å². The Bertz CT molecular complexity index is 578. The average Bonchev–Trinajstić information content (AvgIpc) is 2.48. The third-order valence-corrected chi connectivity index (χ3v) is 6.11. The van der Waals surface area contributed by atoms with Gasteiger partial charge in [-0.25, -0.2) is 13.1 Å². The van der Waals surface area contributed by atoms with Crippen molar-refractivity contribution in [1.82, 2.24) is 4.72 Å². The predicted molar refractivity (Wildman–Crippen MR) is 85.4 cm³/mol. The number of sulfonamides is 1. The van der Waals surface area contributed by atoms with E-state index in [-0.39, 0.29) is 6.04 Å². The molecule has 1 atom stereocenters. The van der Waals surface area contributed by atoms with Crippen LogP contribution in [-0.4, -0.2) is 14.5 Å². The van der Waals surface area contributed by atoms with Crippen LogP contribution in [0.25, 0.3) is 0 Å². The van der Waals surface area contributed by atoms with Crippen molar-refractivity contribution in [3.63, 3.8) is 0 Å². The molecular formula is C16H26N2O2S. The molecule has 1 aliphatic carbocycles. The summed E-state index contributed by atoms with van der Waals surface area (Å²) in [6.07, 6.45) is 5.92. The standard InChI is InChI=1S/C16H26N2O2S/c1-12-8-9-16(10-15(12)11-17)21(19,20)18-13(2)14-6-4-3-5-7-14/h8-10,13-14,18H,3-7,11,17H2,1-2H3. The molecule has 21 heavy (non-hydrogen) atoms. The zero-order valence-electron chi connectivity index (χ0n) is 12.9. The molecule has 0 saturated heterocycles. The van der Waals surface area contributed by atoms with Crippen molar-refractivity contribution in [3.05, 3.63) is 29.3 Å². The fourth-order valence-corrected chi connectivity index (χ4v) is 4.44. The molecule has 4 nitrogen and oxygen atoms in total. The number of rotatable bonds is 5. The molecule has 0 radical (unpaired) electrons. The van der Waals surface area contributed by atoms with Crippen LogP contribution in [-0.2, 0) is 16.6 Å². The van der Waals surface area contributed by atoms with Crippen LogP contribution in [0.15, 0.2) is 23.1 Å². The fourth-order valence-electron chi connectivity index (χ4n) is 3.08. The molecule has 118 valence electrons. The normalized spacial score (nSPS) is 18.6. The summed E-state index contributed by atoms with van der Waals surface area (Å²) in [5.74, 6) is 0.452. The minimum Gasteiger partial charge on any atom is -0.326 e. The summed E-state index contributed by atoms with van der Waals surface area (Å²) < 4.78 is 27.9. The molecule has 0 aromatic heterocycles. The summed E-state index contributed by atoms with van der Waals surface area (Å²) in [7, 11) is -3.46. The summed E-state index contributed by atoms with van der Waals surface area (Å²) in [6.45, 7) is 4.27. The molecule has 0 amide bonds. The van der Waals surface area contributed by atoms with Crippen molar-refractivity contribution >= 4 is 10.0 Å². The minimum absolute atomic E-state index is 0.0158. The van der Waals surface area contributed by atoms with Crippen LogP contribution in [0.5, 0.6) is 0 Å². The number of nitrogens with two attached hydrogens (primary N) is 1. The second-order valence-corrected chi connectivity index (χ2v) is 7.81. The van der Waals surface area contributed by atoms with Crippen LogP contribution < -0.4 is 10.5 Å². The summed E-state index contributed by atoms with van der Waals surface area (Å²) in [5, 5.41) is 0. The lowest BCUT2D eigenvalue weighted by molar-refractivity contribution is 0.303. The van der Waals surface area contributed by atoms with Gasteiger partial charge >= 0.3 is 0 Å². The van der Waals surface area contributed by atoms with Gasteiger partial charge in [0.05, 0.1) is 4.90 Å². The van der Waals surface area contributed by atoms with E-state index in [1.54, 1.807) is 12.1 Å². The first-order valence-electron chi connectivity index (χ1n) is 7.76. The van der Waals surface area contributed by atoms with Crippen molar-refractivity contribution in [2.45, 2.75) is 63.4 Å². The summed E-state index contributed by atoms with van der Waals surface area (Å²) in [6, 6.07) is 5.15. The van der Waals surface area contributed by atoms with E-state index in [4.69, 9.17) is 5.73 Å². The third kappa shape index (κ3) is 4.05. The summed E-state index contributed by atoms with van der Waals surface area (Å²) in [5.41, 5.74) is 7.57. The predicted octanol–water partition coefficient (Wildman–Crippen LogP) is 2.70. The van der Waals surface area contributed by atoms with Crippen molar-refractivity contribution in [1.29, 1.82) is 0 Å². The fraction of sp³-hybridized carbons (Fsp3) is 0.625. The maximum Gasteiger partial charge on any atom is 0.240 e. The Balaban J connectivity index is 2.14. The first-order valence-corrected chi connectivity index (χ1v) is 9.24. The molecule has 1 fully saturated rings. The highest BCUT2D eigenvalue weighted by Crippen LogP contribution is 2.27. The smallest absolute Gasteiger partial charge is 0.240 e.